The predicted octanol–water partition coefficient (Wildman–Crippen LogP) is 4.93. The Kier molecular flexibility index (Phi) is 6.84. The van der Waals surface area contributed by atoms with Crippen LogP contribution in [0.5, 0.6) is 5.75 Å². The van der Waals surface area contributed by atoms with Crippen LogP contribution in [0.3, 0.4) is 0 Å². The second kappa shape index (κ2) is 9.45. The minimum Gasteiger partial charge on any atom is -0.491 e. The number of nitrogens with zero attached hydrogens (tertiary/aromatic N) is 5. The quantitative estimate of drug-likeness (QED) is 0.373. The fraction of sp³-hybridized carbons (Fsp3) is 0.375. The van der Waals surface area contributed by atoms with E-state index in [2.05, 4.69) is 15.2 Å². The molecule has 3 aromatic heterocycles. The van der Waals surface area contributed by atoms with E-state index in [-0.39, 0.29) is 42.6 Å². The molecular formula is C24H25ClF4N6O. The van der Waals surface area contributed by atoms with Crippen LogP contribution in [0, 0.1) is 5.82 Å². The molecule has 0 spiro atoms. The third kappa shape index (κ3) is 4.82. The molecule has 4 aromatic rings. The van der Waals surface area contributed by atoms with E-state index in [4.69, 9.17) is 10.5 Å². The first-order chi connectivity index (χ1) is 16.6. The molecule has 1 saturated heterocycles. The van der Waals surface area contributed by atoms with Crippen molar-refractivity contribution < 1.29 is 22.3 Å². The first kappa shape index (κ1) is 26.1. The molecule has 5 rings (SSSR count). The number of hydrogen-bond acceptors (Lipinski definition) is 6. The number of alkyl halides is 3. The van der Waals surface area contributed by atoms with E-state index in [0.29, 0.717) is 35.3 Å². The average Bonchev–Trinajstić information content (AvgIpc) is 3.36. The van der Waals surface area contributed by atoms with Crippen LogP contribution in [0.25, 0.3) is 28.1 Å². The number of rotatable bonds is 5. The third-order valence-electron chi connectivity index (χ3n) is 6.22. The third-order valence-corrected chi connectivity index (χ3v) is 6.22. The normalized spacial score (nSPS) is 19.5. The van der Waals surface area contributed by atoms with Gasteiger partial charge >= 0.3 is 6.18 Å². The van der Waals surface area contributed by atoms with Gasteiger partial charge in [-0.2, -0.15) is 13.2 Å². The molecule has 0 unspecified atom stereocenters. The second-order valence-electron chi connectivity index (χ2n) is 9.14. The summed E-state index contributed by atoms with van der Waals surface area (Å²) in [6, 6.07) is 7.23. The van der Waals surface area contributed by atoms with E-state index in [1.807, 2.05) is 0 Å². The van der Waals surface area contributed by atoms with Gasteiger partial charge in [-0.3, -0.25) is 9.30 Å². The number of likely N-dealkylation sites (tertiary alicyclic amines) is 1. The summed E-state index contributed by atoms with van der Waals surface area (Å²) in [5, 5.41) is 8.81. The van der Waals surface area contributed by atoms with Crippen LogP contribution in [-0.2, 0) is 0 Å². The zero-order chi connectivity index (χ0) is 25.0. The minimum absolute atomic E-state index is 0. The standard InChI is InChI=1S/C24H24F4N6O.ClH/c1-3-35-19-11-18-14(10-16(19)25)4-6-17(30-18)22-32-31-20-7-5-15(12-34(20)22)21(24(26,27)28)33-9-8-23(2,29)13-33;/h4-7,10-12,21H,3,8-9,13,29H2,1-2H3;1H/t21-,23-;/m1./s1. The molecule has 1 aliphatic heterocycles. The largest absolute Gasteiger partial charge is 0.491 e. The van der Waals surface area contributed by atoms with Crippen molar-refractivity contribution >= 4 is 29.0 Å². The molecule has 1 aliphatic rings. The summed E-state index contributed by atoms with van der Waals surface area (Å²) in [6.07, 6.45) is -2.62. The maximum absolute atomic E-state index is 14.2. The highest BCUT2D eigenvalue weighted by atomic mass is 35.5. The molecule has 7 nitrogen and oxygen atoms in total. The van der Waals surface area contributed by atoms with Crippen LogP contribution in [0.4, 0.5) is 17.6 Å². The fourth-order valence-corrected chi connectivity index (χ4v) is 4.61. The van der Waals surface area contributed by atoms with Gasteiger partial charge in [-0.1, -0.05) is 12.1 Å². The van der Waals surface area contributed by atoms with Gasteiger partial charge in [-0.15, -0.1) is 22.6 Å². The summed E-state index contributed by atoms with van der Waals surface area (Å²) in [6.45, 7) is 4.18. The Hall–Kier alpha value is -3.02. The Morgan fingerprint density at radius 2 is 1.94 bits per heavy atom. The van der Waals surface area contributed by atoms with Gasteiger partial charge in [0.1, 0.15) is 11.7 Å². The van der Waals surface area contributed by atoms with E-state index < -0.39 is 23.6 Å². The lowest BCUT2D eigenvalue weighted by atomic mass is 10.0. The lowest BCUT2D eigenvalue weighted by Gasteiger charge is -2.31. The average molecular weight is 525 g/mol. The zero-order valence-electron chi connectivity index (χ0n) is 19.6. The molecule has 0 amide bonds. The molecule has 0 saturated carbocycles. The van der Waals surface area contributed by atoms with Crippen LogP contribution in [0.2, 0.25) is 0 Å². The van der Waals surface area contributed by atoms with Crippen LogP contribution in [0.15, 0.2) is 42.6 Å². The summed E-state index contributed by atoms with van der Waals surface area (Å²) in [5.41, 5.74) is 6.73. The van der Waals surface area contributed by atoms with Crippen molar-refractivity contribution in [3.05, 3.63) is 54.0 Å². The summed E-state index contributed by atoms with van der Waals surface area (Å²) >= 11 is 0. The van der Waals surface area contributed by atoms with Gasteiger partial charge < -0.3 is 10.5 Å². The number of fused-ring (bicyclic) bond motifs is 2. The van der Waals surface area contributed by atoms with Gasteiger partial charge in [0.15, 0.2) is 23.0 Å². The lowest BCUT2D eigenvalue weighted by Crippen LogP contribution is -2.43. The number of pyridine rings is 2. The molecule has 0 radical (unpaired) electrons. The highest BCUT2D eigenvalue weighted by Gasteiger charge is 2.48. The van der Waals surface area contributed by atoms with Crippen LogP contribution in [-0.4, -0.2) is 55.9 Å². The number of halogens is 5. The first-order valence-electron chi connectivity index (χ1n) is 11.2. The Labute approximate surface area is 210 Å². The zero-order valence-corrected chi connectivity index (χ0v) is 20.4. The van der Waals surface area contributed by atoms with Gasteiger partial charge in [0.25, 0.3) is 0 Å². The van der Waals surface area contributed by atoms with Crippen molar-refractivity contribution in [1.82, 2.24) is 24.5 Å². The molecule has 2 atom stereocenters. The van der Waals surface area contributed by atoms with E-state index in [1.165, 1.54) is 39.8 Å². The SMILES string of the molecule is CCOc1cc2nc(-c3nnc4ccc([C@@H](N5CC[C@@](C)(N)C5)C(F)(F)F)cn34)ccc2cc1F.Cl. The van der Waals surface area contributed by atoms with Gasteiger partial charge in [0, 0.05) is 36.3 Å². The Balaban J connectivity index is 0.00000304. The van der Waals surface area contributed by atoms with E-state index in [0.717, 1.165) is 0 Å². The maximum Gasteiger partial charge on any atom is 0.408 e. The van der Waals surface area contributed by atoms with E-state index in [9.17, 15) is 17.6 Å². The molecule has 0 aliphatic carbocycles. The molecule has 1 aromatic carbocycles. The minimum atomic E-state index is -4.50. The molecule has 12 heteroatoms. The molecular weight excluding hydrogens is 500 g/mol. The summed E-state index contributed by atoms with van der Waals surface area (Å²) in [7, 11) is 0. The van der Waals surface area contributed by atoms with Crippen molar-refractivity contribution in [1.29, 1.82) is 0 Å². The van der Waals surface area contributed by atoms with Crippen molar-refractivity contribution in [3.8, 4) is 17.3 Å². The van der Waals surface area contributed by atoms with Crippen LogP contribution < -0.4 is 10.5 Å². The predicted molar refractivity (Wildman–Crippen MR) is 130 cm³/mol. The Morgan fingerprint density at radius 1 is 1.17 bits per heavy atom. The second-order valence-corrected chi connectivity index (χ2v) is 9.14. The summed E-state index contributed by atoms with van der Waals surface area (Å²) in [4.78, 5) is 5.92. The number of nitrogens with two attached hydrogens (primary N) is 1. The van der Waals surface area contributed by atoms with Gasteiger partial charge in [0.2, 0.25) is 0 Å². The molecule has 4 heterocycles. The highest BCUT2D eigenvalue weighted by molar-refractivity contribution is 5.85. The van der Waals surface area contributed by atoms with Gasteiger partial charge in [0.05, 0.1) is 12.1 Å². The number of benzene rings is 1. The van der Waals surface area contributed by atoms with Crippen molar-refractivity contribution in [2.75, 3.05) is 19.7 Å². The van der Waals surface area contributed by atoms with Crippen molar-refractivity contribution in [2.45, 2.75) is 38.0 Å². The first-order valence-corrected chi connectivity index (χ1v) is 11.2. The Morgan fingerprint density at radius 3 is 2.61 bits per heavy atom. The highest BCUT2D eigenvalue weighted by Crippen LogP contribution is 2.41. The topological polar surface area (TPSA) is 81.6 Å². The number of hydrogen-bond donors (Lipinski definition) is 1. The summed E-state index contributed by atoms with van der Waals surface area (Å²) in [5.74, 6) is -0.152. The molecule has 36 heavy (non-hydrogen) atoms. The smallest absolute Gasteiger partial charge is 0.408 e. The fourth-order valence-electron chi connectivity index (χ4n) is 4.61. The van der Waals surface area contributed by atoms with Crippen molar-refractivity contribution in [3.63, 3.8) is 0 Å². The monoisotopic (exact) mass is 524 g/mol. The van der Waals surface area contributed by atoms with E-state index in [1.54, 1.807) is 26.0 Å². The summed E-state index contributed by atoms with van der Waals surface area (Å²) < 4.78 is 63.6. The van der Waals surface area contributed by atoms with Crippen LogP contribution >= 0.6 is 12.4 Å². The van der Waals surface area contributed by atoms with Gasteiger partial charge in [-0.25, -0.2) is 9.37 Å². The maximum atomic E-state index is 14.2. The number of aromatic nitrogens is 4. The van der Waals surface area contributed by atoms with E-state index >= 15 is 0 Å². The number of ether oxygens (including phenoxy) is 1. The van der Waals surface area contributed by atoms with Crippen LogP contribution in [0.1, 0.15) is 31.9 Å². The molecule has 0 bridgehead atoms. The van der Waals surface area contributed by atoms with Crippen molar-refractivity contribution in [2.24, 2.45) is 5.73 Å². The lowest BCUT2D eigenvalue weighted by molar-refractivity contribution is -0.184. The molecule has 192 valence electrons. The van der Waals surface area contributed by atoms with Gasteiger partial charge in [-0.05, 0) is 44.0 Å². The molecule has 1 fully saturated rings. The molecule has 2 N–H and O–H groups in total. The Bertz CT molecular complexity index is 1410.